The van der Waals surface area contributed by atoms with E-state index in [4.69, 9.17) is 5.73 Å². The predicted molar refractivity (Wildman–Crippen MR) is 107 cm³/mol. The quantitative estimate of drug-likeness (QED) is 0.546. The first-order chi connectivity index (χ1) is 13.6. The maximum atomic E-state index is 11.0. The molecule has 28 heavy (non-hydrogen) atoms. The molecule has 1 saturated heterocycles. The van der Waals surface area contributed by atoms with Gasteiger partial charge in [-0.25, -0.2) is 9.97 Å². The monoisotopic (exact) mass is 379 g/mol. The molecule has 3 aromatic rings. The minimum atomic E-state index is -0.843. The molecule has 5 N–H and O–H groups in total. The van der Waals surface area contributed by atoms with Gasteiger partial charge in [-0.15, -0.1) is 0 Å². The lowest BCUT2D eigenvalue weighted by atomic mass is 9.80. The molecule has 0 amide bonds. The predicted octanol–water partition coefficient (Wildman–Crippen LogP) is 1.27. The molecular weight excluding hydrogens is 354 g/mol. The van der Waals surface area contributed by atoms with Crippen molar-refractivity contribution in [3.05, 3.63) is 54.5 Å². The van der Waals surface area contributed by atoms with E-state index >= 15 is 0 Å². The summed E-state index contributed by atoms with van der Waals surface area (Å²) in [6.07, 6.45) is 4.17. The van der Waals surface area contributed by atoms with E-state index in [0.717, 1.165) is 18.2 Å². The van der Waals surface area contributed by atoms with Gasteiger partial charge in [0.05, 0.1) is 17.5 Å². The summed E-state index contributed by atoms with van der Waals surface area (Å²) in [4.78, 5) is 8.39. The van der Waals surface area contributed by atoms with Gasteiger partial charge in [0.15, 0.2) is 0 Å². The number of aliphatic hydroxyl groups is 2. The van der Waals surface area contributed by atoms with E-state index in [-0.39, 0.29) is 11.5 Å². The lowest BCUT2D eigenvalue weighted by Crippen LogP contribution is -2.38. The molecule has 1 aromatic carbocycles. The number of anilines is 1. The first kappa shape index (κ1) is 17.6. The van der Waals surface area contributed by atoms with Gasteiger partial charge < -0.3 is 25.8 Å². The van der Waals surface area contributed by atoms with Crippen molar-refractivity contribution in [2.45, 2.75) is 43.6 Å². The summed E-state index contributed by atoms with van der Waals surface area (Å²) in [6, 6.07) is 12.3. The highest BCUT2D eigenvalue weighted by Crippen LogP contribution is 2.50. The van der Waals surface area contributed by atoms with Crippen LogP contribution in [0.3, 0.4) is 0 Å². The molecule has 0 bridgehead atoms. The van der Waals surface area contributed by atoms with Gasteiger partial charge in [0.25, 0.3) is 0 Å². The Morgan fingerprint density at radius 2 is 1.96 bits per heavy atom. The van der Waals surface area contributed by atoms with Crippen LogP contribution in [0.5, 0.6) is 0 Å². The standard InChI is InChI=1S/C21H25N5O2/c22-19-15-6-7-26(20(15)25-12-24-19)16-10-21(18(28)17(16)27)9-14(23-11-21)8-13-4-2-1-3-5-13/h1-7,12,14,16-18,23,27-28H,8-11H2,(H2,22,24,25)/t14-,16+,17-,18-,21-/m0/s1. The van der Waals surface area contributed by atoms with E-state index in [9.17, 15) is 10.2 Å². The number of nitrogens with one attached hydrogen (secondary N) is 1. The third kappa shape index (κ3) is 2.70. The highest BCUT2D eigenvalue weighted by Gasteiger charge is 2.56. The summed E-state index contributed by atoms with van der Waals surface area (Å²) in [5.41, 5.74) is 7.60. The Bertz CT molecular complexity index is 991. The van der Waals surface area contributed by atoms with E-state index in [2.05, 4.69) is 39.6 Å². The topological polar surface area (TPSA) is 109 Å². The summed E-state index contributed by atoms with van der Waals surface area (Å²) >= 11 is 0. The van der Waals surface area contributed by atoms with Crippen molar-refractivity contribution in [1.29, 1.82) is 0 Å². The second kappa shape index (κ2) is 6.55. The molecule has 2 aromatic heterocycles. The van der Waals surface area contributed by atoms with Gasteiger partial charge in [0, 0.05) is 24.2 Å². The lowest BCUT2D eigenvalue weighted by Gasteiger charge is -2.27. The van der Waals surface area contributed by atoms with Crippen LogP contribution in [0.25, 0.3) is 11.0 Å². The third-order valence-electron chi connectivity index (χ3n) is 6.58. The number of nitrogens with two attached hydrogens (primary N) is 1. The van der Waals surface area contributed by atoms with E-state index < -0.39 is 12.2 Å². The molecular formula is C21H25N5O2. The van der Waals surface area contributed by atoms with Crippen molar-refractivity contribution in [2.75, 3.05) is 12.3 Å². The summed E-state index contributed by atoms with van der Waals surface area (Å²) < 4.78 is 1.94. The first-order valence-corrected chi connectivity index (χ1v) is 9.78. The maximum Gasteiger partial charge on any atom is 0.145 e. The molecule has 2 aliphatic rings. The SMILES string of the molecule is Nc1ncnc2c1ccn2[C@@H]1C[C@@]2(CN[C@@H](Cc3ccccc3)C2)[C@@H](O)[C@H]1O. The molecule has 1 spiro atoms. The van der Waals surface area contributed by atoms with Gasteiger partial charge in [-0.3, -0.25) is 0 Å². The van der Waals surface area contributed by atoms with Crippen LogP contribution < -0.4 is 11.1 Å². The van der Waals surface area contributed by atoms with Gasteiger partial charge in [0.1, 0.15) is 23.9 Å². The molecule has 5 rings (SSSR count). The van der Waals surface area contributed by atoms with Crippen molar-refractivity contribution in [3.63, 3.8) is 0 Å². The average Bonchev–Trinajstić information content (AvgIpc) is 3.37. The smallest absolute Gasteiger partial charge is 0.145 e. The Hall–Kier alpha value is -2.48. The molecule has 5 atom stereocenters. The van der Waals surface area contributed by atoms with E-state index in [1.54, 1.807) is 0 Å². The fraction of sp³-hybridized carbons (Fsp3) is 0.429. The molecule has 7 nitrogen and oxygen atoms in total. The Morgan fingerprint density at radius 1 is 1.14 bits per heavy atom. The number of rotatable bonds is 3. The van der Waals surface area contributed by atoms with Crippen LogP contribution in [-0.2, 0) is 6.42 Å². The number of benzene rings is 1. The van der Waals surface area contributed by atoms with Crippen LogP contribution in [0.1, 0.15) is 24.4 Å². The van der Waals surface area contributed by atoms with Crippen LogP contribution in [0.2, 0.25) is 0 Å². The van der Waals surface area contributed by atoms with Crippen molar-refractivity contribution >= 4 is 16.9 Å². The zero-order valence-electron chi connectivity index (χ0n) is 15.6. The zero-order chi connectivity index (χ0) is 19.3. The van der Waals surface area contributed by atoms with Crippen LogP contribution in [0.4, 0.5) is 5.82 Å². The van der Waals surface area contributed by atoms with Crippen molar-refractivity contribution in [2.24, 2.45) is 5.41 Å². The van der Waals surface area contributed by atoms with Crippen LogP contribution in [-0.4, -0.2) is 49.5 Å². The van der Waals surface area contributed by atoms with Crippen molar-refractivity contribution in [1.82, 2.24) is 19.9 Å². The number of fused-ring (bicyclic) bond motifs is 1. The summed E-state index contributed by atoms with van der Waals surface area (Å²) in [6.45, 7) is 0.704. The number of nitrogen functional groups attached to an aromatic ring is 1. The number of hydrogen-bond acceptors (Lipinski definition) is 6. The number of hydrogen-bond donors (Lipinski definition) is 4. The Kier molecular flexibility index (Phi) is 4.12. The number of aromatic nitrogens is 3. The zero-order valence-corrected chi connectivity index (χ0v) is 15.6. The first-order valence-electron chi connectivity index (χ1n) is 9.78. The molecule has 3 heterocycles. The molecule has 2 fully saturated rings. The summed E-state index contributed by atoms with van der Waals surface area (Å²) in [5, 5.41) is 26.2. The van der Waals surface area contributed by atoms with Crippen LogP contribution in [0, 0.1) is 5.41 Å². The second-order valence-electron chi connectivity index (χ2n) is 8.26. The minimum Gasteiger partial charge on any atom is -0.390 e. The fourth-order valence-electron chi connectivity index (χ4n) is 5.16. The number of nitrogens with zero attached hydrogens (tertiary/aromatic N) is 3. The van der Waals surface area contributed by atoms with Gasteiger partial charge in [-0.2, -0.15) is 0 Å². The van der Waals surface area contributed by atoms with Gasteiger partial charge in [-0.1, -0.05) is 30.3 Å². The molecule has 7 heteroatoms. The lowest BCUT2D eigenvalue weighted by molar-refractivity contribution is -0.0217. The largest absolute Gasteiger partial charge is 0.390 e. The molecule has 0 unspecified atom stereocenters. The highest BCUT2D eigenvalue weighted by atomic mass is 16.3. The summed E-state index contributed by atoms with van der Waals surface area (Å²) in [7, 11) is 0. The molecule has 0 radical (unpaired) electrons. The van der Waals surface area contributed by atoms with E-state index in [0.29, 0.717) is 30.5 Å². The fourth-order valence-corrected chi connectivity index (χ4v) is 5.16. The summed E-state index contributed by atoms with van der Waals surface area (Å²) in [5.74, 6) is 0.428. The second-order valence-corrected chi connectivity index (χ2v) is 8.26. The molecule has 146 valence electrons. The van der Waals surface area contributed by atoms with Crippen molar-refractivity contribution < 1.29 is 10.2 Å². The van der Waals surface area contributed by atoms with Gasteiger partial charge in [-0.05, 0) is 30.9 Å². The van der Waals surface area contributed by atoms with Crippen LogP contribution in [0.15, 0.2) is 48.9 Å². The average molecular weight is 379 g/mol. The van der Waals surface area contributed by atoms with Crippen LogP contribution >= 0.6 is 0 Å². The van der Waals surface area contributed by atoms with E-state index in [1.165, 1.54) is 11.9 Å². The minimum absolute atomic E-state index is 0.237. The van der Waals surface area contributed by atoms with E-state index in [1.807, 2.05) is 22.9 Å². The highest BCUT2D eigenvalue weighted by molar-refractivity contribution is 5.86. The van der Waals surface area contributed by atoms with Gasteiger partial charge in [0.2, 0.25) is 0 Å². The normalized spacial score (nSPS) is 32.5. The maximum absolute atomic E-state index is 11.0. The Labute approximate surface area is 163 Å². The molecule has 1 aliphatic heterocycles. The van der Waals surface area contributed by atoms with Gasteiger partial charge >= 0.3 is 0 Å². The molecule has 1 aliphatic carbocycles. The van der Waals surface area contributed by atoms with Crippen molar-refractivity contribution in [3.8, 4) is 0 Å². The Morgan fingerprint density at radius 3 is 2.79 bits per heavy atom. The third-order valence-corrected chi connectivity index (χ3v) is 6.58. The molecule has 1 saturated carbocycles. The number of aliphatic hydroxyl groups excluding tert-OH is 2. The Balaban J connectivity index is 1.40.